The molecule has 0 unspecified atom stereocenters. The number of nitrogens with one attached hydrogen (secondary N) is 1. The fourth-order valence-electron chi connectivity index (χ4n) is 5.97. The summed E-state index contributed by atoms with van der Waals surface area (Å²) in [6.45, 7) is 0.560. The minimum atomic E-state index is -2.24. The minimum absolute atomic E-state index is 0. The van der Waals surface area contributed by atoms with E-state index in [9.17, 15) is 39.9 Å². The first-order chi connectivity index (χ1) is 22.5. The number of aliphatic hydroxyl groups is 3. The van der Waals surface area contributed by atoms with Crippen LogP contribution in [-0.2, 0) is 20.7 Å². The molecule has 1 fully saturated rings. The van der Waals surface area contributed by atoms with Crippen molar-refractivity contribution in [2.24, 2.45) is 22.2 Å². The van der Waals surface area contributed by atoms with Crippen molar-refractivity contribution in [3.8, 4) is 17.2 Å². The molecule has 12 N–H and O–H groups in total. The fourth-order valence-corrected chi connectivity index (χ4v) is 5.97. The van der Waals surface area contributed by atoms with Crippen molar-refractivity contribution in [1.29, 1.82) is 5.41 Å². The van der Waals surface area contributed by atoms with E-state index in [1.54, 1.807) is 21.0 Å². The number of nitrogens with zero attached hydrogens (tertiary/aromatic N) is 2. The van der Waals surface area contributed by atoms with Crippen molar-refractivity contribution in [2.45, 2.75) is 62.4 Å². The number of phenols is 2. The van der Waals surface area contributed by atoms with Gasteiger partial charge >= 0.3 is 0 Å². The number of methoxy groups -OCH3 is 1. The predicted molar refractivity (Wildman–Crippen MR) is 176 cm³/mol. The largest absolute Gasteiger partial charge is 0.507 e. The number of rotatable bonds is 5. The maximum absolute atomic E-state index is 13.6. The van der Waals surface area contributed by atoms with E-state index in [2.05, 4.69) is 4.99 Å². The topological polar surface area (TPSA) is 298 Å². The van der Waals surface area contributed by atoms with Crippen molar-refractivity contribution in [1.82, 2.24) is 4.90 Å². The number of guanidine groups is 2. The molecule has 2 aromatic carbocycles. The molecule has 3 aliphatic rings. The Bertz CT molecular complexity index is 1670. The van der Waals surface area contributed by atoms with Crippen LogP contribution >= 0.6 is 12.4 Å². The molecule has 1 heterocycles. The van der Waals surface area contributed by atoms with Gasteiger partial charge in [-0.2, -0.15) is 4.99 Å². The number of halogens is 1. The minimum Gasteiger partial charge on any atom is -0.507 e. The number of aliphatic hydroxyl groups excluding tert-OH is 2. The standard InChI is InChI=1S/C27H29NO11.C4H11N5.ClH/c1-10-22(31)13(28)6-17(38-10)39-15-8-27(36,16(30)9-29)7-12-19(15)26(35)21-20(24(12)33)23(32)11-4-3-5-14(37-2)18(11)25(21)34;1-9(2)4(7)8-3(5)6;/h3-5,10,13,15,17,22,29,31,33,35-36H,6-9,28H2,1-2H3;1-2H3,(H5,5,6,7,8);1H/t10-,13-,15-,17-,22+,27-;;/m0../s1. The van der Waals surface area contributed by atoms with E-state index in [4.69, 9.17) is 36.8 Å². The molecule has 2 aliphatic carbocycles. The zero-order chi connectivity index (χ0) is 35.8. The molecule has 1 aliphatic heterocycles. The summed E-state index contributed by atoms with van der Waals surface area (Å²) in [5.74, 6) is -3.81. The molecule has 2 aromatic rings. The lowest BCUT2D eigenvalue weighted by molar-refractivity contribution is -0.247. The van der Waals surface area contributed by atoms with Gasteiger partial charge in [-0.3, -0.25) is 19.8 Å². The quantitative estimate of drug-likeness (QED) is 0.0888. The third-order valence-corrected chi connectivity index (χ3v) is 8.46. The number of ether oxygens (including phenoxy) is 3. The van der Waals surface area contributed by atoms with E-state index in [0.29, 0.717) is 0 Å². The monoisotopic (exact) mass is 708 g/mol. The lowest BCUT2D eigenvalue weighted by Gasteiger charge is -2.42. The second kappa shape index (κ2) is 15.0. The molecule has 0 saturated carbocycles. The second-order valence-corrected chi connectivity index (χ2v) is 11.9. The first kappa shape index (κ1) is 39.1. The maximum Gasteiger partial charge on any atom is 0.220 e. The highest BCUT2D eigenvalue weighted by atomic mass is 35.5. The Morgan fingerprint density at radius 3 is 2.31 bits per heavy atom. The Balaban J connectivity index is 0.000000574. The van der Waals surface area contributed by atoms with Crippen molar-refractivity contribution in [3.05, 3.63) is 51.6 Å². The molecule has 17 nitrogen and oxygen atoms in total. The van der Waals surface area contributed by atoms with Gasteiger partial charge in [0, 0.05) is 56.1 Å². The maximum atomic E-state index is 13.6. The fraction of sp³-hybridized carbons (Fsp3) is 0.452. The summed E-state index contributed by atoms with van der Waals surface area (Å²) in [7, 11) is 4.70. The predicted octanol–water partition coefficient (Wildman–Crippen LogP) is -0.821. The number of carbonyl (C=O) groups is 3. The van der Waals surface area contributed by atoms with Gasteiger partial charge in [0.05, 0.1) is 42.1 Å². The number of nitrogens with two attached hydrogens (primary N) is 3. The zero-order valence-corrected chi connectivity index (χ0v) is 28.0. The third kappa shape index (κ3) is 7.32. The van der Waals surface area contributed by atoms with Crippen LogP contribution in [0.25, 0.3) is 0 Å². The Labute approximate surface area is 287 Å². The number of benzene rings is 2. The molecule has 268 valence electrons. The molecule has 49 heavy (non-hydrogen) atoms. The van der Waals surface area contributed by atoms with E-state index >= 15 is 0 Å². The van der Waals surface area contributed by atoms with Crippen molar-refractivity contribution in [2.75, 3.05) is 27.8 Å². The number of aromatic hydroxyl groups is 2. The van der Waals surface area contributed by atoms with Crippen LogP contribution in [-0.4, -0.2) is 118 Å². The number of carbonyl (C=O) groups excluding carboxylic acids is 3. The van der Waals surface area contributed by atoms with Crippen LogP contribution in [0.2, 0.25) is 0 Å². The van der Waals surface area contributed by atoms with Gasteiger partial charge in [0.15, 0.2) is 23.8 Å². The van der Waals surface area contributed by atoms with Crippen LogP contribution < -0.4 is 21.9 Å². The highest BCUT2D eigenvalue weighted by Gasteiger charge is 2.50. The van der Waals surface area contributed by atoms with Crippen LogP contribution in [0.4, 0.5) is 0 Å². The van der Waals surface area contributed by atoms with Crippen LogP contribution in [0.15, 0.2) is 23.2 Å². The summed E-state index contributed by atoms with van der Waals surface area (Å²) in [5.41, 5.74) is 12.4. The molecule has 0 spiro atoms. The van der Waals surface area contributed by atoms with E-state index in [1.807, 2.05) is 0 Å². The summed E-state index contributed by atoms with van der Waals surface area (Å²) in [4.78, 5) is 44.7. The molecule has 0 radical (unpaired) electrons. The number of aliphatic imine (C=N–C) groups is 1. The van der Waals surface area contributed by atoms with E-state index < -0.39 is 95.7 Å². The molecular weight excluding hydrogens is 668 g/mol. The average molecular weight is 709 g/mol. The van der Waals surface area contributed by atoms with E-state index in [-0.39, 0.29) is 58.8 Å². The lowest BCUT2D eigenvalue weighted by Crippen LogP contribution is -2.53. The van der Waals surface area contributed by atoms with Crippen LogP contribution in [0.1, 0.15) is 68.8 Å². The average Bonchev–Trinajstić information content (AvgIpc) is 3.02. The Kier molecular flexibility index (Phi) is 12.0. The van der Waals surface area contributed by atoms with Gasteiger partial charge in [0.2, 0.25) is 11.7 Å². The lowest BCUT2D eigenvalue weighted by atomic mass is 9.72. The molecule has 0 amide bonds. The van der Waals surface area contributed by atoms with Gasteiger partial charge in [-0.1, -0.05) is 12.1 Å². The zero-order valence-electron chi connectivity index (χ0n) is 27.2. The molecule has 0 bridgehead atoms. The second-order valence-electron chi connectivity index (χ2n) is 11.9. The van der Waals surface area contributed by atoms with Gasteiger partial charge in [-0.05, 0) is 13.0 Å². The van der Waals surface area contributed by atoms with Gasteiger partial charge in [-0.15, -0.1) is 12.4 Å². The van der Waals surface area contributed by atoms with Gasteiger partial charge in [-0.25, -0.2) is 0 Å². The summed E-state index contributed by atoms with van der Waals surface area (Å²) in [6, 6.07) is 3.64. The van der Waals surface area contributed by atoms with E-state index in [0.717, 1.165) is 0 Å². The molecule has 6 atom stereocenters. The summed E-state index contributed by atoms with van der Waals surface area (Å²) in [5, 5.41) is 60.7. The molecule has 0 aromatic heterocycles. The van der Waals surface area contributed by atoms with E-state index in [1.165, 1.54) is 30.2 Å². The normalized spacial score (nSPS) is 25.3. The SMILES string of the molecule is CN(C)C(=N)N=C(N)N.COc1cccc2c1C(=O)c1c(O)c3c(c(O)c1C2=O)C[C@@](O)(C(=O)CO)C[C@@H]3O[C@H]1C[C@H](N)[C@H](O)[C@H](C)O1.Cl. The van der Waals surface area contributed by atoms with Crippen LogP contribution in [0.5, 0.6) is 17.2 Å². The molecular formula is C31H41ClN6O11. The summed E-state index contributed by atoms with van der Waals surface area (Å²) >= 11 is 0. The Morgan fingerprint density at radius 2 is 1.78 bits per heavy atom. The summed E-state index contributed by atoms with van der Waals surface area (Å²) in [6.07, 6.45) is -5.12. The highest BCUT2D eigenvalue weighted by molar-refractivity contribution is 6.31. The van der Waals surface area contributed by atoms with Gasteiger partial charge in [0.1, 0.15) is 29.5 Å². The molecule has 1 saturated heterocycles. The number of phenolic OH excluding ortho intramolecular Hbond substituents is 2. The Morgan fingerprint density at radius 1 is 1.14 bits per heavy atom. The summed E-state index contributed by atoms with van der Waals surface area (Å²) < 4.78 is 17.0. The van der Waals surface area contributed by atoms with Gasteiger partial charge < -0.3 is 61.8 Å². The molecule has 18 heteroatoms. The van der Waals surface area contributed by atoms with Crippen molar-refractivity contribution >= 4 is 41.7 Å². The van der Waals surface area contributed by atoms with Crippen molar-refractivity contribution < 1.29 is 54.1 Å². The smallest absolute Gasteiger partial charge is 0.220 e. The number of ketones is 3. The molecule has 5 rings (SSSR count). The third-order valence-electron chi connectivity index (χ3n) is 8.46. The van der Waals surface area contributed by atoms with Crippen LogP contribution in [0, 0.1) is 5.41 Å². The first-order valence-corrected chi connectivity index (χ1v) is 14.8. The number of hydrogen-bond donors (Lipinski definition) is 9. The highest BCUT2D eigenvalue weighted by Crippen LogP contribution is 2.52. The first-order valence-electron chi connectivity index (χ1n) is 14.8. The van der Waals surface area contributed by atoms with Crippen LogP contribution in [0.3, 0.4) is 0 Å². The Hall–Kier alpha value is -4.36. The number of hydrogen-bond acceptors (Lipinski definition) is 13. The number of Topliss-reactive ketones (excluding diaryl/α,β-unsaturated/α-hetero) is 1. The van der Waals surface area contributed by atoms with Gasteiger partial charge in [0.25, 0.3) is 0 Å². The number of fused-ring (bicyclic) bond motifs is 3. The van der Waals surface area contributed by atoms with Crippen molar-refractivity contribution in [3.63, 3.8) is 0 Å².